The molecule has 2 aromatic carbocycles. The molecule has 3 atom stereocenters. The van der Waals surface area contributed by atoms with Gasteiger partial charge in [-0.15, -0.1) is 0 Å². The smallest absolute Gasteiger partial charge is 0.126 e. The Morgan fingerprint density at radius 1 is 1.00 bits per heavy atom. The molecule has 1 aliphatic carbocycles. The van der Waals surface area contributed by atoms with E-state index in [4.69, 9.17) is 0 Å². The minimum atomic E-state index is -0.0334. The van der Waals surface area contributed by atoms with Crippen molar-refractivity contribution in [1.29, 1.82) is 0 Å². The Labute approximate surface area is 166 Å². The lowest BCUT2D eigenvalue weighted by Gasteiger charge is -2.26. The van der Waals surface area contributed by atoms with Crippen molar-refractivity contribution in [3.63, 3.8) is 0 Å². The van der Waals surface area contributed by atoms with Crippen molar-refractivity contribution in [1.82, 2.24) is 14.4 Å². The largest absolute Gasteiger partial charge is 0.350 e. The molecule has 1 saturated heterocycles. The molecule has 0 spiro atoms. The molecular weight excluding hydrogens is 349 g/mol. The molecule has 2 aliphatic rings. The van der Waals surface area contributed by atoms with Crippen LogP contribution >= 0.6 is 0 Å². The highest BCUT2D eigenvalue weighted by atomic mass is 19.1. The first-order valence-electron chi connectivity index (χ1n) is 10.3. The Morgan fingerprint density at radius 3 is 2.64 bits per heavy atom. The number of hydrogen-bond donors (Lipinski definition) is 0. The van der Waals surface area contributed by atoms with Gasteiger partial charge in [-0.2, -0.15) is 0 Å². The number of aromatic nitrogens is 1. The fraction of sp³-hybridized carbons (Fsp3) is 0.417. The minimum Gasteiger partial charge on any atom is -0.350 e. The fourth-order valence-electron chi connectivity index (χ4n) is 5.54. The van der Waals surface area contributed by atoms with Crippen LogP contribution in [-0.2, 0) is 13.5 Å². The maximum absolute atomic E-state index is 14.2. The summed E-state index contributed by atoms with van der Waals surface area (Å²) in [4.78, 5) is 4.97. The second-order valence-electron chi connectivity index (χ2n) is 8.67. The molecule has 5 rings (SSSR count). The molecule has 1 fully saturated rings. The van der Waals surface area contributed by atoms with Gasteiger partial charge in [0.15, 0.2) is 0 Å². The molecule has 146 valence electrons. The van der Waals surface area contributed by atoms with E-state index in [1.165, 1.54) is 22.0 Å². The Hall–Kier alpha value is -2.17. The first kappa shape index (κ1) is 17.9. The molecule has 3 aromatic rings. The Kier molecular flexibility index (Phi) is 4.29. The van der Waals surface area contributed by atoms with Gasteiger partial charge in [-0.25, -0.2) is 4.39 Å². The monoisotopic (exact) mass is 377 g/mol. The Morgan fingerprint density at radius 2 is 1.82 bits per heavy atom. The van der Waals surface area contributed by atoms with E-state index < -0.39 is 0 Å². The third-order valence-corrected chi connectivity index (χ3v) is 6.93. The van der Waals surface area contributed by atoms with Crippen LogP contribution in [0.15, 0.2) is 48.7 Å². The van der Waals surface area contributed by atoms with Gasteiger partial charge in [0, 0.05) is 55.2 Å². The van der Waals surface area contributed by atoms with Crippen LogP contribution < -0.4 is 0 Å². The number of nitrogens with zero attached hydrogens (tertiary/aromatic N) is 3. The molecular formula is C24H28FN3. The van der Waals surface area contributed by atoms with E-state index in [-0.39, 0.29) is 5.82 Å². The summed E-state index contributed by atoms with van der Waals surface area (Å²) >= 11 is 0. The standard InChI is InChI=1S/C24H28FN3/c1-26(2)24-15-28(23-12-11-16-17(23)8-6-9-21(16)25)14-20(24)19-13-27(3)22-10-5-4-7-18(19)22/h4-10,13,20,23-24H,11-12,14-15H2,1-3H3/t20-,23?,24+/m1/s1. The molecule has 0 bridgehead atoms. The lowest BCUT2D eigenvalue weighted by molar-refractivity contribution is 0.216. The van der Waals surface area contributed by atoms with Crippen molar-refractivity contribution in [3.05, 3.63) is 71.2 Å². The van der Waals surface area contributed by atoms with E-state index in [0.717, 1.165) is 31.5 Å². The highest BCUT2D eigenvalue weighted by Gasteiger charge is 2.41. The minimum absolute atomic E-state index is 0.0334. The van der Waals surface area contributed by atoms with E-state index in [9.17, 15) is 4.39 Å². The second kappa shape index (κ2) is 6.71. The predicted octanol–water partition coefficient (Wildman–Crippen LogP) is 4.33. The van der Waals surface area contributed by atoms with Crippen LogP contribution in [-0.4, -0.2) is 47.6 Å². The molecule has 0 saturated carbocycles. The van der Waals surface area contributed by atoms with Crippen LogP contribution in [0.4, 0.5) is 4.39 Å². The lowest BCUT2D eigenvalue weighted by atomic mass is 9.93. The van der Waals surface area contributed by atoms with Crippen LogP contribution in [0.25, 0.3) is 10.9 Å². The van der Waals surface area contributed by atoms with Gasteiger partial charge in [0.25, 0.3) is 0 Å². The Bertz CT molecular complexity index is 1020. The highest BCUT2D eigenvalue weighted by molar-refractivity contribution is 5.84. The van der Waals surface area contributed by atoms with Gasteiger partial charge in [-0.05, 0) is 55.8 Å². The van der Waals surface area contributed by atoms with Crippen LogP contribution in [0, 0.1) is 5.82 Å². The number of para-hydroxylation sites is 1. The van der Waals surface area contributed by atoms with E-state index in [2.05, 4.69) is 72.0 Å². The van der Waals surface area contributed by atoms with Crippen molar-refractivity contribution in [3.8, 4) is 0 Å². The quantitative estimate of drug-likeness (QED) is 0.673. The van der Waals surface area contributed by atoms with Crippen molar-refractivity contribution >= 4 is 10.9 Å². The van der Waals surface area contributed by atoms with Crippen molar-refractivity contribution in [2.45, 2.75) is 30.8 Å². The summed E-state index contributed by atoms with van der Waals surface area (Å²) < 4.78 is 16.5. The molecule has 0 N–H and O–H groups in total. The number of hydrogen-bond acceptors (Lipinski definition) is 2. The lowest BCUT2D eigenvalue weighted by Crippen LogP contribution is -2.35. The molecule has 4 heteroatoms. The molecule has 28 heavy (non-hydrogen) atoms. The average Bonchev–Trinajstić information content (AvgIpc) is 3.38. The first-order valence-corrected chi connectivity index (χ1v) is 10.3. The van der Waals surface area contributed by atoms with Crippen molar-refractivity contribution in [2.75, 3.05) is 27.2 Å². The third-order valence-electron chi connectivity index (χ3n) is 6.93. The van der Waals surface area contributed by atoms with Gasteiger partial charge in [0.1, 0.15) is 5.82 Å². The van der Waals surface area contributed by atoms with Gasteiger partial charge in [0.2, 0.25) is 0 Å². The van der Waals surface area contributed by atoms with Crippen LogP contribution in [0.2, 0.25) is 0 Å². The number of benzene rings is 2. The van der Waals surface area contributed by atoms with E-state index in [0.29, 0.717) is 18.0 Å². The number of likely N-dealkylation sites (N-methyl/N-ethyl adjacent to an activating group) is 1. The first-order chi connectivity index (χ1) is 13.5. The maximum Gasteiger partial charge on any atom is 0.126 e. The van der Waals surface area contributed by atoms with Crippen LogP contribution in [0.3, 0.4) is 0 Å². The van der Waals surface area contributed by atoms with Gasteiger partial charge < -0.3 is 9.47 Å². The number of fused-ring (bicyclic) bond motifs is 2. The molecule has 1 aromatic heterocycles. The molecule has 1 aliphatic heterocycles. The fourth-order valence-corrected chi connectivity index (χ4v) is 5.54. The molecule has 0 radical (unpaired) electrons. The van der Waals surface area contributed by atoms with E-state index in [1.54, 1.807) is 6.07 Å². The Balaban J connectivity index is 1.51. The zero-order valence-corrected chi connectivity index (χ0v) is 16.9. The van der Waals surface area contributed by atoms with Gasteiger partial charge in [0.05, 0.1) is 0 Å². The SMILES string of the molecule is CN(C)[C@H]1CN(C2CCc3c(F)cccc32)C[C@@H]1c1cn(C)c2ccccc12. The molecule has 3 nitrogen and oxygen atoms in total. The van der Waals surface area contributed by atoms with Gasteiger partial charge in [-0.1, -0.05) is 30.3 Å². The summed E-state index contributed by atoms with van der Waals surface area (Å²) in [6.07, 6.45) is 4.20. The van der Waals surface area contributed by atoms with Crippen LogP contribution in [0.1, 0.15) is 35.1 Å². The topological polar surface area (TPSA) is 11.4 Å². The van der Waals surface area contributed by atoms with E-state index >= 15 is 0 Å². The number of rotatable bonds is 3. The van der Waals surface area contributed by atoms with Gasteiger partial charge >= 0.3 is 0 Å². The second-order valence-corrected chi connectivity index (χ2v) is 8.67. The maximum atomic E-state index is 14.2. The average molecular weight is 378 g/mol. The summed E-state index contributed by atoms with van der Waals surface area (Å²) in [6, 6.07) is 15.1. The van der Waals surface area contributed by atoms with Crippen LogP contribution in [0.5, 0.6) is 0 Å². The molecule has 0 amide bonds. The molecule has 2 heterocycles. The number of halogens is 1. The summed E-state index contributed by atoms with van der Waals surface area (Å²) in [5, 5.41) is 1.36. The third kappa shape index (κ3) is 2.70. The zero-order valence-electron chi connectivity index (χ0n) is 16.9. The number of likely N-dealkylation sites (tertiary alicyclic amines) is 1. The number of aryl methyl sites for hydroxylation is 1. The summed E-state index contributed by atoms with van der Waals surface area (Å²) in [5.74, 6) is 0.424. The van der Waals surface area contributed by atoms with Gasteiger partial charge in [-0.3, -0.25) is 4.90 Å². The summed E-state index contributed by atoms with van der Waals surface area (Å²) in [6.45, 7) is 2.05. The predicted molar refractivity (Wildman–Crippen MR) is 112 cm³/mol. The van der Waals surface area contributed by atoms with E-state index in [1.807, 2.05) is 6.07 Å². The van der Waals surface area contributed by atoms with Crippen molar-refractivity contribution < 1.29 is 4.39 Å². The zero-order chi connectivity index (χ0) is 19.4. The highest BCUT2D eigenvalue weighted by Crippen LogP contribution is 2.43. The summed E-state index contributed by atoms with van der Waals surface area (Å²) in [7, 11) is 6.52. The summed E-state index contributed by atoms with van der Waals surface area (Å²) in [5.41, 5.74) is 4.87. The normalized spacial score (nSPS) is 25.1. The van der Waals surface area contributed by atoms with Crippen molar-refractivity contribution in [2.24, 2.45) is 7.05 Å². The molecule has 1 unspecified atom stereocenters.